The highest BCUT2D eigenvalue weighted by atomic mass is 19.4. The lowest BCUT2D eigenvalue weighted by molar-refractivity contribution is -0.149. The molecule has 4 fully saturated rings. The highest BCUT2D eigenvalue weighted by Gasteiger charge is 2.69. The second kappa shape index (κ2) is 11.2. The molecule has 0 bridgehead atoms. The Balaban J connectivity index is 1.54. The number of primary amides is 1. The quantitative estimate of drug-likeness (QED) is 0.296. The molecule has 1 heterocycles. The van der Waals surface area contributed by atoms with E-state index in [4.69, 9.17) is 5.73 Å². The number of nitrogens with two attached hydrogens (primary N) is 1. The third-order valence-corrected chi connectivity index (χ3v) is 9.41. The third kappa shape index (κ3) is 6.38. The molecule has 10 nitrogen and oxygen atoms in total. The summed E-state index contributed by atoms with van der Waals surface area (Å²) in [5, 5.41) is 7.05. The van der Waals surface area contributed by atoms with Crippen LogP contribution in [0, 0.1) is 29.1 Å². The number of ketones is 1. The van der Waals surface area contributed by atoms with Gasteiger partial charge in [0, 0.05) is 6.54 Å². The molecule has 0 aromatic rings. The number of piperidine rings is 1. The molecule has 4 rings (SSSR count). The number of nitrogens with zero attached hydrogens (tertiary/aromatic N) is 1. The topological polar surface area (TPSA) is 151 Å². The van der Waals surface area contributed by atoms with E-state index in [0.29, 0.717) is 12.8 Å². The van der Waals surface area contributed by atoms with Crippen LogP contribution in [0.4, 0.5) is 18.0 Å². The summed E-state index contributed by atoms with van der Waals surface area (Å²) in [6, 6.07) is -6.35. The number of alkyl halides is 3. The van der Waals surface area contributed by atoms with E-state index in [1.807, 2.05) is 19.2 Å². The van der Waals surface area contributed by atoms with Crippen LogP contribution in [-0.2, 0) is 19.2 Å². The Morgan fingerprint density at radius 1 is 0.975 bits per heavy atom. The Bertz CT molecular complexity index is 1040. The minimum Gasteiger partial charge on any atom is -0.363 e. The fourth-order valence-corrected chi connectivity index (χ4v) is 6.65. The molecule has 13 heteroatoms. The summed E-state index contributed by atoms with van der Waals surface area (Å²) in [5.74, 6) is -3.40. The van der Waals surface area contributed by atoms with Gasteiger partial charge in [-0.05, 0) is 55.3 Å². The summed E-state index contributed by atoms with van der Waals surface area (Å²) in [7, 11) is 0. The number of Topliss-reactive ketones (excluding diaryl/α,β-unsaturated/α-hetero) is 1. The van der Waals surface area contributed by atoms with E-state index in [9.17, 15) is 37.1 Å². The molecular formula is C27H40F3N5O5. The van der Waals surface area contributed by atoms with E-state index in [1.165, 1.54) is 4.90 Å². The molecule has 4 aliphatic rings. The van der Waals surface area contributed by atoms with Crippen molar-refractivity contribution in [3.63, 3.8) is 0 Å². The number of amides is 5. The molecule has 3 aliphatic carbocycles. The van der Waals surface area contributed by atoms with E-state index < -0.39 is 59.9 Å². The van der Waals surface area contributed by atoms with Gasteiger partial charge in [-0.1, -0.05) is 46.0 Å². The number of fused-ring (bicyclic) bond motifs is 1. The van der Waals surface area contributed by atoms with Gasteiger partial charge in [0.15, 0.2) is 0 Å². The Morgan fingerprint density at radius 2 is 1.60 bits per heavy atom. The summed E-state index contributed by atoms with van der Waals surface area (Å²) < 4.78 is 39.1. The lowest BCUT2D eigenvalue weighted by Gasteiger charge is -2.37. The molecular weight excluding hydrogens is 531 g/mol. The summed E-state index contributed by atoms with van der Waals surface area (Å²) in [6.07, 6.45) is 1.23. The lowest BCUT2D eigenvalue weighted by atomic mass is 9.83. The molecule has 1 aliphatic heterocycles. The zero-order chi connectivity index (χ0) is 29.6. The van der Waals surface area contributed by atoms with Crippen LogP contribution in [0.25, 0.3) is 0 Å². The van der Waals surface area contributed by atoms with Crippen molar-refractivity contribution in [1.82, 2.24) is 20.9 Å². The maximum absolute atomic E-state index is 14.0. The molecule has 40 heavy (non-hydrogen) atoms. The number of carbonyl (C=O) groups is 5. The first-order valence-corrected chi connectivity index (χ1v) is 14.2. The third-order valence-electron chi connectivity index (χ3n) is 9.41. The highest BCUT2D eigenvalue weighted by molar-refractivity contribution is 6.37. The van der Waals surface area contributed by atoms with Crippen LogP contribution in [-0.4, -0.2) is 71.3 Å². The summed E-state index contributed by atoms with van der Waals surface area (Å²) in [4.78, 5) is 65.8. The predicted molar refractivity (Wildman–Crippen MR) is 137 cm³/mol. The van der Waals surface area contributed by atoms with Crippen molar-refractivity contribution < 1.29 is 37.1 Å². The number of urea groups is 1. The number of rotatable bonds is 10. The Kier molecular flexibility index (Phi) is 8.43. The van der Waals surface area contributed by atoms with Gasteiger partial charge in [0.25, 0.3) is 5.91 Å². The van der Waals surface area contributed by atoms with Crippen LogP contribution in [0.3, 0.4) is 0 Å². The summed E-state index contributed by atoms with van der Waals surface area (Å²) in [6.45, 7) is 5.04. The smallest absolute Gasteiger partial charge is 0.363 e. The van der Waals surface area contributed by atoms with E-state index in [-0.39, 0.29) is 42.1 Å². The number of halogens is 3. The van der Waals surface area contributed by atoms with Crippen molar-refractivity contribution in [2.45, 2.75) is 102 Å². The van der Waals surface area contributed by atoms with Gasteiger partial charge in [0.2, 0.25) is 17.6 Å². The van der Waals surface area contributed by atoms with Crippen molar-refractivity contribution in [3.05, 3.63) is 0 Å². The fraction of sp³-hybridized carbons (Fsp3) is 0.815. The standard InChI is InChI=1S/C27H40F3N5O5/c1-13(27(28,29)30)32-25(40)34-19(15-7-5-4-6-8-15)24(39)35-12-16-18(26(16,2)3)20(35)23(38)33-17(11-14-9-10-14)21(36)22(31)37/h13-20H,4-12H2,1-3H3,(H2,31,37)(H,33,38)(H2,32,34,40)/t13?,16-,17?,18-,19-,20-/m0/s1. The zero-order valence-electron chi connectivity index (χ0n) is 23.2. The first-order chi connectivity index (χ1) is 18.6. The lowest BCUT2D eigenvalue weighted by Crippen LogP contribution is -2.61. The van der Waals surface area contributed by atoms with E-state index >= 15 is 0 Å². The SMILES string of the molecule is CC(NC(=O)N[C@H](C(=O)N1C[C@H]2[C@@H]([C@H]1C(=O)NC(CC1CC1)C(=O)C(N)=O)C2(C)C)C1CCCCC1)C(F)(F)F. The van der Waals surface area contributed by atoms with Crippen LogP contribution in [0.5, 0.6) is 0 Å². The molecule has 224 valence electrons. The Hall–Kier alpha value is -2.86. The second-order valence-electron chi connectivity index (χ2n) is 12.6. The maximum atomic E-state index is 14.0. The van der Waals surface area contributed by atoms with Gasteiger partial charge >= 0.3 is 12.2 Å². The molecule has 1 saturated heterocycles. The average Bonchev–Trinajstić information content (AvgIpc) is 3.73. The number of likely N-dealkylation sites (tertiary alicyclic amines) is 1. The molecule has 6 atom stereocenters. The zero-order valence-corrected chi connectivity index (χ0v) is 23.2. The maximum Gasteiger partial charge on any atom is 0.408 e. The van der Waals surface area contributed by atoms with E-state index in [2.05, 4.69) is 10.6 Å². The molecule has 2 unspecified atom stereocenters. The van der Waals surface area contributed by atoms with Crippen LogP contribution in [0.2, 0.25) is 0 Å². The van der Waals surface area contributed by atoms with Gasteiger partial charge in [-0.25, -0.2) is 4.79 Å². The van der Waals surface area contributed by atoms with Crippen molar-refractivity contribution in [2.24, 2.45) is 34.8 Å². The molecule has 0 aromatic carbocycles. The summed E-state index contributed by atoms with van der Waals surface area (Å²) in [5.41, 5.74) is 4.98. The second-order valence-corrected chi connectivity index (χ2v) is 12.6. The van der Waals surface area contributed by atoms with Crippen molar-refractivity contribution in [1.29, 1.82) is 0 Å². The monoisotopic (exact) mass is 571 g/mol. The minimum absolute atomic E-state index is 0.00649. The van der Waals surface area contributed by atoms with Gasteiger partial charge in [-0.2, -0.15) is 13.2 Å². The van der Waals surface area contributed by atoms with Crippen molar-refractivity contribution in [2.75, 3.05) is 6.54 Å². The van der Waals surface area contributed by atoms with E-state index in [1.54, 1.807) is 0 Å². The predicted octanol–water partition coefficient (Wildman–Crippen LogP) is 2.01. The Morgan fingerprint density at radius 3 is 2.15 bits per heavy atom. The molecule has 0 aromatic heterocycles. The van der Waals surface area contributed by atoms with Gasteiger partial charge in [-0.3, -0.25) is 19.2 Å². The molecule has 3 saturated carbocycles. The number of carbonyl (C=O) groups excluding carboxylic acids is 5. The molecule has 0 radical (unpaired) electrons. The first kappa shape index (κ1) is 30.1. The van der Waals surface area contributed by atoms with Crippen molar-refractivity contribution >= 4 is 29.5 Å². The number of hydrogen-bond donors (Lipinski definition) is 4. The summed E-state index contributed by atoms with van der Waals surface area (Å²) >= 11 is 0. The molecule has 5 N–H and O–H groups in total. The van der Waals surface area contributed by atoms with Crippen molar-refractivity contribution in [3.8, 4) is 0 Å². The number of hydrogen-bond acceptors (Lipinski definition) is 5. The average molecular weight is 572 g/mol. The van der Waals surface area contributed by atoms with Gasteiger partial charge < -0.3 is 26.6 Å². The fourth-order valence-electron chi connectivity index (χ4n) is 6.65. The van der Waals surface area contributed by atoms with Gasteiger partial charge in [0.1, 0.15) is 18.1 Å². The van der Waals surface area contributed by atoms with Crippen LogP contribution >= 0.6 is 0 Å². The van der Waals surface area contributed by atoms with E-state index in [0.717, 1.165) is 39.0 Å². The van der Waals surface area contributed by atoms with Crippen LogP contribution < -0.4 is 21.7 Å². The van der Waals surface area contributed by atoms with Crippen LogP contribution in [0.15, 0.2) is 0 Å². The highest BCUT2D eigenvalue weighted by Crippen LogP contribution is 2.65. The molecule has 0 spiro atoms. The number of nitrogens with one attached hydrogen (secondary N) is 3. The Labute approximate surface area is 231 Å². The van der Waals surface area contributed by atoms with Gasteiger partial charge in [0.05, 0.1) is 6.04 Å². The largest absolute Gasteiger partial charge is 0.408 e. The van der Waals surface area contributed by atoms with Gasteiger partial charge in [-0.15, -0.1) is 0 Å². The normalized spacial score (nSPS) is 28.1. The van der Waals surface area contributed by atoms with Crippen LogP contribution in [0.1, 0.15) is 72.1 Å². The minimum atomic E-state index is -4.65. The molecule has 5 amide bonds. The first-order valence-electron chi connectivity index (χ1n) is 14.2.